The van der Waals surface area contributed by atoms with Crippen LogP contribution in [0.4, 0.5) is 5.13 Å². The van der Waals surface area contributed by atoms with Gasteiger partial charge in [0, 0.05) is 16.8 Å². The highest BCUT2D eigenvalue weighted by Crippen LogP contribution is 2.31. The minimum atomic E-state index is -0.155. The van der Waals surface area contributed by atoms with E-state index in [1.807, 2.05) is 6.20 Å². The van der Waals surface area contributed by atoms with Gasteiger partial charge in [-0.05, 0) is 31.6 Å². The molecule has 0 saturated heterocycles. The maximum absolute atomic E-state index is 12.5. The van der Waals surface area contributed by atoms with Gasteiger partial charge in [-0.25, -0.2) is 9.97 Å². The van der Waals surface area contributed by atoms with Crippen LogP contribution in [0, 0.1) is 5.92 Å². The zero-order valence-corrected chi connectivity index (χ0v) is 13.2. The standard InChI is InChI=1S/C15H20N4OS/c1-9(2)6-10-7-16-15(21-10)19-14(20)11-4-3-5-12-13(11)18-8-17-12/h7-9,11H,3-6H2,1-2H3,(H,17,18)(H,16,19,20). The van der Waals surface area contributed by atoms with Gasteiger partial charge >= 0.3 is 0 Å². The number of aromatic amines is 1. The van der Waals surface area contributed by atoms with Crippen LogP contribution in [-0.2, 0) is 17.6 Å². The monoisotopic (exact) mass is 304 g/mol. The van der Waals surface area contributed by atoms with Crippen LogP contribution in [0.2, 0.25) is 0 Å². The van der Waals surface area contributed by atoms with Crippen LogP contribution in [0.1, 0.15) is 48.9 Å². The molecule has 1 atom stereocenters. The van der Waals surface area contributed by atoms with Gasteiger partial charge in [0.2, 0.25) is 5.91 Å². The van der Waals surface area contributed by atoms with Crippen LogP contribution in [0.3, 0.4) is 0 Å². The molecule has 1 aliphatic carbocycles. The molecule has 0 saturated carbocycles. The summed E-state index contributed by atoms with van der Waals surface area (Å²) < 4.78 is 0. The predicted octanol–water partition coefficient (Wildman–Crippen LogP) is 3.12. The number of nitrogens with zero attached hydrogens (tertiary/aromatic N) is 2. The predicted molar refractivity (Wildman–Crippen MR) is 83.6 cm³/mol. The van der Waals surface area contributed by atoms with Crippen LogP contribution in [0.15, 0.2) is 12.5 Å². The Morgan fingerprint density at radius 1 is 1.52 bits per heavy atom. The van der Waals surface area contributed by atoms with E-state index in [0.717, 1.165) is 37.1 Å². The fourth-order valence-corrected chi connectivity index (χ4v) is 3.79. The van der Waals surface area contributed by atoms with Gasteiger partial charge in [-0.2, -0.15) is 0 Å². The third-order valence-corrected chi connectivity index (χ3v) is 4.65. The summed E-state index contributed by atoms with van der Waals surface area (Å²) in [4.78, 5) is 25.4. The number of fused-ring (bicyclic) bond motifs is 1. The van der Waals surface area contributed by atoms with Gasteiger partial charge < -0.3 is 10.3 Å². The molecule has 1 amide bonds. The molecule has 0 aromatic carbocycles. The first-order valence-corrected chi connectivity index (χ1v) is 8.23. The molecule has 2 heterocycles. The van der Waals surface area contributed by atoms with Crippen molar-refractivity contribution in [3.05, 3.63) is 28.8 Å². The second-order valence-corrected chi connectivity index (χ2v) is 7.05. The summed E-state index contributed by atoms with van der Waals surface area (Å²) in [6, 6.07) is 0. The Kier molecular flexibility index (Phi) is 4.05. The first kappa shape index (κ1) is 14.3. The summed E-state index contributed by atoms with van der Waals surface area (Å²) in [5, 5.41) is 3.64. The van der Waals surface area contributed by atoms with Crippen LogP contribution in [0.5, 0.6) is 0 Å². The highest BCUT2D eigenvalue weighted by Gasteiger charge is 2.29. The first-order valence-electron chi connectivity index (χ1n) is 7.41. The fourth-order valence-electron chi connectivity index (χ4n) is 2.76. The maximum Gasteiger partial charge on any atom is 0.235 e. The van der Waals surface area contributed by atoms with Crippen molar-refractivity contribution >= 4 is 22.4 Å². The van der Waals surface area contributed by atoms with Crippen molar-refractivity contribution in [2.45, 2.75) is 45.4 Å². The number of amides is 1. The third kappa shape index (κ3) is 3.15. The average molecular weight is 304 g/mol. The summed E-state index contributed by atoms with van der Waals surface area (Å²) in [6.45, 7) is 4.36. The van der Waals surface area contributed by atoms with E-state index < -0.39 is 0 Å². The molecule has 5 nitrogen and oxygen atoms in total. The molecule has 0 radical (unpaired) electrons. The molecule has 2 aromatic rings. The van der Waals surface area contributed by atoms with Crippen LogP contribution in [-0.4, -0.2) is 20.9 Å². The minimum absolute atomic E-state index is 0.00787. The Labute approximate surface area is 128 Å². The van der Waals surface area contributed by atoms with Crippen LogP contribution in [0.25, 0.3) is 0 Å². The summed E-state index contributed by atoms with van der Waals surface area (Å²) >= 11 is 1.57. The Morgan fingerprint density at radius 3 is 3.19 bits per heavy atom. The third-order valence-electron chi connectivity index (χ3n) is 3.71. The van der Waals surface area contributed by atoms with Crippen molar-refractivity contribution in [2.75, 3.05) is 5.32 Å². The Balaban J connectivity index is 1.69. The fraction of sp³-hybridized carbons (Fsp3) is 0.533. The van der Waals surface area contributed by atoms with Crippen LogP contribution >= 0.6 is 11.3 Å². The SMILES string of the molecule is CC(C)Cc1cnc(NC(=O)C2CCCc3[nH]cnc32)s1. The van der Waals surface area contributed by atoms with Crippen molar-refractivity contribution < 1.29 is 4.79 Å². The summed E-state index contributed by atoms with van der Waals surface area (Å²) in [5.74, 6) is 0.449. The number of carbonyl (C=O) groups excluding carboxylic acids is 1. The van der Waals surface area contributed by atoms with E-state index in [2.05, 4.69) is 34.1 Å². The highest BCUT2D eigenvalue weighted by atomic mass is 32.1. The van der Waals surface area contributed by atoms with Crippen molar-refractivity contribution in [1.29, 1.82) is 0 Å². The quantitative estimate of drug-likeness (QED) is 0.911. The topological polar surface area (TPSA) is 70.7 Å². The molecule has 0 aliphatic heterocycles. The van der Waals surface area contributed by atoms with Gasteiger partial charge in [-0.15, -0.1) is 11.3 Å². The number of thiazole rings is 1. The molecule has 3 rings (SSSR count). The van der Waals surface area contributed by atoms with Gasteiger partial charge in [0.15, 0.2) is 5.13 Å². The number of rotatable bonds is 4. The van der Waals surface area contributed by atoms with Crippen LogP contribution < -0.4 is 5.32 Å². The molecule has 0 fully saturated rings. The van der Waals surface area contributed by atoms with Gasteiger partial charge in [0.1, 0.15) is 0 Å². The number of nitrogens with one attached hydrogen (secondary N) is 2. The number of H-pyrrole nitrogens is 1. The Bertz CT molecular complexity index is 631. The van der Waals surface area contributed by atoms with Crippen molar-refractivity contribution in [3.63, 3.8) is 0 Å². The van der Waals surface area contributed by atoms with E-state index in [-0.39, 0.29) is 11.8 Å². The minimum Gasteiger partial charge on any atom is -0.348 e. The van der Waals surface area contributed by atoms with E-state index in [0.29, 0.717) is 11.0 Å². The molecule has 21 heavy (non-hydrogen) atoms. The number of aryl methyl sites for hydroxylation is 1. The van der Waals surface area contributed by atoms with Gasteiger partial charge in [0.25, 0.3) is 0 Å². The Morgan fingerprint density at radius 2 is 2.38 bits per heavy atom. The molecule has 0 spiro atoms. The lowest BCUT2D eigenvalue weighted by Gasteiger charge is -2.19. The molecule has 0 bridgehead atoms. The van der Waals surface area contributed by atoms with E-state index in [1.54, 1.807) is 17.7 Å². The normalized spacial score (nSPS) is 17.8. The zero-order valence-electron chi connectivity index (χ0n) is 12.3. The number of hydrogen-bond donors (Lipinski definition) is 2. The number of aromatic nitrogens is 3. The van der Waals surface area contributed by atoms with E-state index in [9.17, 15) is 4.79 Å². The second-order valence-electron chi connectivity index (χ2n) is 5.93. The molecule has 6 heteroatoms. The van der Waals surface area contributed by atoms with Gasteiger partial charge in [0.05, 0.1) is 17.9 Å². The van der Waals surface area contributed by atoms with Crippen molar-refractivity contribution in [3.8, 4) is 0 Å². The van der Waals surface area contributed by atoms with E-state index in [4.69, 9.17) is 0 Å². The van der Waals surface area contributed by atoms with Crippen molar-refractivity contribution in [1.82, 2.24) is 15.0 Å². The zero-order chi connectivity index (χ0) is 14.8. The van der Waals surface area contributed by atoms with E-state index >= 15 is 0 Å². The lowest BCUT2D eigenvalue weighted by molar-refractivity contribution is -0.118. The molecular weight excluding hydrogens is 284 g/mol. The van der Waals surface area contributed by atoms with E-state index in [1.165, 1.54) is 4.88 Å². The summed E-state index contributed by atoms with van der Waals surface area (Å²) in [5.41, 5.74) is 2.00. The molecule has 2 aromatic heterocycles. The summed E-state index contributed by atoms with van der Waals surface area (Å²) in [7, 11) is 0. The first-order chi connectivity index (χ1) is 10.1. The molecular formula is C15H20N4OS. The second kappa shape index (κ2) is 5.97. The van der Waals surface area contributed by atoms with Gasteiger partial charge in [-0.1, -0.05) is 13.8 Å². The molecule has 1 aliphatic rings. The molecule has 112 valence electrons. The van der Waals surface area contributed by atoms with Crippen molar-refractivity contribution in [2.24, 2.45) is 5.92 Å². The molecule has 2 N–H and O–H groups in total. The largest absolute Gasteiger partial charge is 0.348 e. The summed E-state index contributed by atoms with van der Waals surface area (Å²) in [6.07, 6.45) is 7.40. The lowest BCUT2D eigenvalue weighted by Crippen LogP contribution is -2.24. The Hall–Kier alpha value is -1.69. The maximum atomic E-state index is 12.5. The number of carbonyl (C=O) groups is 1. The average Bonchev–Trinajstić information content (AvgIpc) is 3.06. The lowest BCUT2D eigenvalue weighted by atomic mass is 9.89. The smallest absolute Gasteiger partial charge is 0.235 e. The highest BCUT2D eigenvalue weighted by molar-refractivity contribution is 7.15. The number of hydrogen-bond acceptors (Lipinski definition) is 4. The molecule has 1 unspecified atom stereocenters. The van der Waals surface area contributed by atoms with Gasteiger partial charge in [-0.3, -0.25) is 4.79 Å². The number of imidazole rings is 1. The number of anilines is 1.